The van der Waals surface area contributed by atoms with E-state index in [4.69, 9.17) is 4.74 Å². The quantitative estimate of drug-likeness (QED) is 0.672. The fraction of sp³-hybridized carbons (Fsp3) is 0.480. The molecule has 0 bridgehead atoms. The normalized spacial score (nSPS) is 19.5. The van der Waals surface area contributed by atoms with Crippen LogP contribution in [0.3, 0.4) is 0 Å². The SMILES string of the molecule is O=C(N[C@@H](CN1CCOCC1)c1ccccc1)c1cccc(S(=O)(=O)N2CCCCCC2)c1. The summed E-state index contributed by atoms with van der Waals surface area (Å²) in [4.78, 5) is 15.7. The first kappa shape index (κ1) is 23.9. The number of morpholine rings is 1. The summed E-state index contributed by atoms with van der Waals surface area (Å²) in [7, 11) is -3.61. The van der Waals surface area contributed by atoms with Crippen LogP contribution in [0.5, 0.6) is 0 Å². The van der Waals surface area contributed by atoms with Crippen LogP contribution in [0.1, 0.15) is 47.6 Å². The van der Waals surface area contributed by atoms with Crippen molar-refractivity contribution in [2.45, 2.75) is 36.6 Å². The molecule has 1 N–H and O–H groups in total. The highest BCUT2D eigenvalue weighted by Crippen LogP contribution is 2.22. The molecule has 2 aliphatic rings. The van der Waals surface area contributed by atoms with Gasteiger partial charge in [0.1, 0.15) is 0 Å². The highest BCUT2D eigenvalue weighted by molar-refractivity contribution is 7.89. The number of nitrogens with zero attached hydrogens (tertiary/aromatic N) is 2. The first-order valence-corrected chi connectivity index (χ1v) is 13.2. The summed E-state index contributed by atoms with van der Waals surface area (Å²) in [6.45, 7) is 4.76. The Morgan fingerprint density at radius 3 is 2.30 bits per heavy atom. The van der Waals surface area contributed by atoms with E-state index in [0.717, 1.165) is 44.3 Å². The number of hydrogen-bond donors (Lipinski definition) is 1. The van der Waals surface area contributed by atoms with Gasteiger partial charge in [-0.05, 0) is 36.6 Å². The first-order valence-electron chi connectivity index (χ1n) is 11.8. The van der Waals surface area contributed by atoms with Gasteiger partial charge in [-0.2, -0.15) is 4.31 Å². The Kier molecular flexibility index (Phi) is 8.14. The maximum Gasteiger partial charge on any atom is 0.251 e. The Morgan fingerprint density at radius 2 is 1.61 bits per heavy atom. The molecule has 0 aliphatic carbocycles. The third kappa shape index (κ3) is 6.20. The van der Waals surface area contributed by atoms with E-state index >= 15 is 0 Å². The van der Waals surface area contributed by atoms with Crippen molar-refractivity contribution in [3.63, 3.8) is 0 Å². The molecule has 0 aromatic heterocycles. The topological polar surface area (TPSA) is 79.0 Å². The summed E-state index contributed by atoms with van der Waals surface area (Å²) in [5.74, 6) is -0.273. The number of amides is 1. The van der Waals surface area contributed by atoms with Gasteiger partial charge in [0.15, 0.2) is 0 Å². The Balaban J connectivity index is 1.52. The fourth-order valence-corrected chi connectivity index (χ4v) is 6.00. The second-order valence-corrected chi connectivity index (χ2v) is 10.6. The molecule has 2 fully saturated rings. The van der Waals surface area contributed by atoms with Crippen LogP contribution in [0, 0.1) is 0 Å². The van der Waals surface area contributed by atoms with E-state index in [1.165, 1.54) is 6.07 Å². The number of benzene rings is 2. The van der Waals surface area contributed by atoms with E-state index in [-0.39, 0.29) is 16.8 Å². The molecular formula is C25H33N3O4S. The van der Waals surface area contributed by atoms with Crippen LogP contribution < -0.4 is 5.32 Å². The average Bonchev–Trinajstić information content (AvgIpc) is 3.15. The fourth-order valence-electron chi connectivity index (χ4n) is 4.43. The van der Waals surface area contributed by atoms with Gasteiger partial charge < -0.3 is 10.1 Å². The van der Waals surface area contributed by atoms with Gasteiger partial charge in [-0.25, -0.2) is 8.42 Å². The van der Waals surface area contributed by atoms with E-state index in [2.05, 4.69) is 10.2 Å². The van der Waals surface area contributed by atoms with E-state index in [9.17, 15) is 13.2 Å². The van der Waals surface area contributed by atoms with E-state index in [0.29, 0.717) is 38.4 Å². The van der Waals surface area contributed by atoms with Crippen molar-refractivity contribution in [2.24, 2.45) is 0 Å². The number of rotatable bonds is 7. The van der Waals surface area contributed by atoms with E-state index in [1.54, 1.807) is 22.5 Å². The van der Waals surface area contributed by atoms with Crippen LogP contribution in [-0.2, 0) is 14.8 Å². The van der Waals surface area contributed by atoms with Crippen LogP contribution in [-0.4, -0.2) is 69.5 Å². The van der Waals surface area contributed by atoms with Crippen molar-refractivity contribution in [1.29, 1.82) is 0 Å². The summed E-state index contributed by atoms with van der Waals surface area (Å²) >= 11 is 0. The molecule has 1 atom stereocenters. The van der Waals surface area contributed by atoms with Gasteiger partial charge in [-0.3, -0.25) is 9.69 Å². The molecule has 0 saturated carbocycles. The zero-order valence-electron chi connectivity index (χ0n) is 19.0. The molecule has 2 aliphatic heterocycles. The zero-order chi connectivity index (χ0) is 23.1. The predicted octanol–water partition coefficient (Wildman–Crippen LogP) is 3.05. The largest absolute Gasteiger partial charge is 0.379 e. The Morgan fingerprint density at radius 1 is 0.909 bits per heavy atom. The third-order valence-corrected chi connectivity index (χ3v) is 8.25. The molecule has 0 spiro atoms. The Bertz CT molecular complexity index is 1010. The molecule has 0 unspecified atom stereocenters. The molecule has 2 heterocycles. The minimum atomic E-state index is -3.61. The lowest BCUT2D eigenvalue weighted by molar-refractivity contribution is 0.0332. The summed E-state index contributed by atoms with van der Waals surface area (Å²) in [5.41, 5.74) is 1.37. The summed E-state index contributed by atoms with van der Waals surface area (Å²) in [6, 6.07) is 16.1. The molecule has 2 saturated heterocycles. The molecule has 8 heteroatoms. The maximum atomic E-state index is 13.2. The smallest absolute Gasteiger partial charge is 0.251 e. The van der Waals surface area contributed by atoms with Gasteiger partial charge in [0.05, 0.1) is 24.2 Å². The van der Waals surface area contributed by atoms with Crippen LogP contribution in [0.4, 0.5) is 0 Å². The van der Waals surface area contributed by atoms with E-state index < -0.39 is 10.0 Å². The van der Waals surface area contributed by atoms with Gasteiger partial charge in [0.25, 0.3) is 5.91 Å². The lowest BCUT2D eigenvalue weighted by atomic mass is 10.1. The lowest BCUT2D eigenvalue weighted by Gasteiger charge is -2.31. The number of hydrogen-bond acceptors (Lipinski definition) is 5. The van der Waals surface area contributed by atoms with Crippen molar-refractivity contribution in [1.82, 2.24) is 14.5 Å². The van der Waals surface area contributed by atoms with Gasteiger partial charge in [0.2, 0.25) is 10.0 Å². The molecule has 2 aromatic rings. The van der Waals surface area contributed by atoms with Crippen molar-refractivity contribution in [3.05, 3.63) is 65.7 Å². The second kappa shape index (κ2) is 11.2. The lowest BCUT2D eigenvalue weighted by Crippen LogP contribution is -2.43. The summed E-state index contributed by atoms with van der Waals surface area (Å²) < 4.78 is 33.4. The van der Waals surface area contributed by atoms with Crippen LogP contribution in [0.15, 0.2) is 59.5 Å². The number of ether oxygens (including phenoxy) is 1. The first-order chi connectivity index (χ1) is 16.0. The minimum absolute atomic E-state index is 0.182. The number of carbonyl (C=O) groups excluding carboxylic acids is 1. The Labute approximate surface area is 196 Å². The maximum absolute atomic E-state index is 13.2. The van der Waals surface area contributed by atoms with Crippen LogP contribution >= 0.6 is 0 Å². The van der Waals surface area contributed by atoms with Crippen molar-refractivity contribution in [2.75, 3.05) is 45.9 Å². The summed E-state index contributed by atoms with van der Waals surface area (Å²) in [6.07, 6.45) is 3.86. The zero-order valence-corrected chi connectivity index (χ0v) is 19.8. The third-order valence-electron chi connectivity index (χ3n) is 6.35. The predicted molar refractivity (Wildman–Crippen MR) is 128 cm³/mol. The molecule has 1 amide bonds. The highest BCUT2D eigenvalue weighted by Gasteiger charge is 2.26. The number of carbonyl (C=O) groups is 1. The Hall–Kier alpha value is -2.26. The van der Waals surface area contributed by atoms with Gasteiger partial charge in [-0.15, -0.1) is 0 Å². The van der Waals surface area contributed by atoms with Crippen molar-refractivity contribution >= 4 is 15.9 Å². The molecular weight excluding hydrogens is 438 g/mol. The van der Waals surface area contributed by atoms with Gasteiger partial charge in [-0.1, -0.05) is 49.2 Å². The number of nitrogens with one attached hydrogen (secondary N) is 1. The monoisotopic (exact) mass is 471 g/mol. The van der Waals surface area contributed by atoms with Gasteiger partial charge in [0, 0.05) is 38.3 Å². The summed E-state index contributed by atoms with van der Waals surface area (Å²) in [5, 5.41) is 3.14. The standard InChI is InChI=1S/C25H33N3O4S/c29-25(26-24(21-9-4-3-5-10-21)20-27-15-17-32-18-16-27)22-11-8-12-23(19-22)33(30,31)28-13-6-1-2-7-14-28/h3-5,8-12,19,24H,1-2,6-7,13-18,20H2,(H,26,29)/t24-/m0/s1. The minimum Gasteiger partial charge on any atom is -0.379 e. The highest BCUT2D eigenvalue weighted by atomic mass is 32.2. The van der Waals surface area contributed by atoms with Crippen molar-refractivity contribution < 1.29 is 17.9 Å². The molecule has 0 radical (unpaired) electrons. The number of sulfonamides is 1. The molecule has 178 valence electrons. The van der Waals surface area contributed by atoms with Crippen LogP contribution in [0.25, 0.3) is 0 Å². The molecule has 2 aromatic carbocycles. The molecule has 4 rings (SSSR count). The van der Waals surface area contributed by atoms with Crippen molar-refractivity contribution in [3.8, 4) is 0 Å². The second-order valence-electron chi connectivity index (χ2n) is 8.70. The average molecular weight is 472 g/mol. The molecule has 33 heavy (non-hydrogen) atoms. The van der Waals surface area contributed by atoms with Crippen LogP contribution in [0.2, 0.25) is 0 Å². The van der Waals surface area contributed by atoms with Gasteiger partial charge >= 0.3 is 0 Å². The van der Waals surface area contributed by atoms with E-state index in [1.807, 2.05) is 30.3 Å². The molecule has 7 nitrogen and oxygen atoms in total.